The van der Waals surface area contributed by atoms with Crippen LogP contribution in [0.25, 0.3) is 0 Å². The molecular weight excluding hydrogens is 284 g/mol. The maximum atomic E-state index is 12.3. The highest BCUT2D eigenvalue weighted by Crippen LogP contribution is 2.61. The third kappa shape index (κ3) is 1.94. The first-order valence-corrected chi connectivity index (χ1v) is 9.06. The molecule has 0 bridgehead atoms. The number of aliphatic hydroxyl groups is 1. The molecule has 0 aliphatic heterocycles. The Labute approximate surface area is 139 Å². The number of carbonyl (C=O) groups is 1. The van der Waals surface area contributed by atoms with Crippen LogP contribution in [0.3, 0.4) is 0 Å². The molecule has 0 radical (unpaired) electrons. The average Bonchev–Trinajstić information content (AvgIpc) is 2.70. The first-order valence-electron chi connectivity index (χ1n) is 9.06. The molecule has 3 unspecified atom stereocenters. The molecule has 2 heteroatoms. The molecule has 4 aliphatic rings. The molecule has 1 saturated carbocycles. The van der Waals surface area contributed by atoms with Gasteiger partial charge in [0.25, 0.3) is 0 Å². The van der Waals surface area contributed by atoms with E-state index in [1.165, 1.54) is 16.7 Å². The lowest BCUT2D eigenvalue weighted by Crippen LogP contribution is -2.45. The second-order valence-electron chi connectivity index (χ2n) is 9.21. The number of hydrogen-bond donors (Lipinski definition) is 1. The molecule has 0 amide bonds. The summed E-state index contributed by atoms with van der Waals surface area (Å²) in [5.41, 5.74) is 3.19. The summed E-state index contributed by atoms with van der Waals surface area (Å²) in [6.45, 7) is 8.38. The SMILES string of the molecule is CC1(C)CC2=C3C=CC4(C)C(CC[C@]4(C)O)C3CCC2=CC1=O. The first kappa shape index (κ1) is 15.4. The van der Waals surface area contributed by atoms with E-state index in [2.05, 4.69) is 32.9 Å². The molecule has 0 spiro atoms. The van der Waals surface area contributed by atoms with Crippen LogP contribution in [0.5, 0.6) is 0 Å². The van der Waals surface area contributed by atoms with Crippen LogP contribution in [0, 0.1) is 22.7 Å². The maximum absolute atomic E-state index is 12.3. The van der Waals surface area contributed by atoms with Crippen molar-refractivity contribution in [1.29, 1.82) is 0 Å². The zero-order valence-electron chi connectivity index (χ0n) is 14.8. The van der Waals surface area contributed by atoms with Gasteiger partial charge in [-0.15, -0.1) is 0 Å². The third-order valence-electron chi connectivity index (χ3n) is 7.42. The number of hydrogen-bond acceptors (Lipinski definition) is 2. The van der Waals surface area contributed by atoms with Crippen molar-refractivity contribution in [1.82, 2.24) is 0 Å². The van der Waals surface area contributed by atoms with Gasteiger partial charge in [-0.25, -0.2) is 0 Å². The molecule has 1 N–H and O–H groups in total. The molecule has 2 nitrogen and oxygen atoms in total. The largest absolute Gasteiger partial charge is 0.389 e. The number of carbonyl (C=O) groups excluding carboxylic acids is 1. The van der Waals surface area contributed by atoms with E-state index in [1.807, 2.05) is 13.0 Å². The van der Waals surface area contributed by atoms with Crippen molar-refractivity contribution in [3.05, 3.63) is 34.9 Å². The van der Waals surface area contributed by atoms with Crippen molar-refractivity contribution in [2.24, 2.45) is 22.7 Å². The van der Waals surface area contributed by atoms with Crippen molar-refractivity contribution in [2.75, 3.05) is 0 Å². The highest BCUT2D eigenvalue weighted by atomic mass is 16.3. The quantitative estimate of drug-likeness (QED) is 0.722. The predicted octanol–water partition coefficient (Wildman–Crippen LogP) is 4.36. The van der Waals surface area contributed by atoms with E-state index in [0.29, 0.717) is 11.8 Å². The third-order valence-corrected chi connectivity index (χ3v) is 7.42. The van der Waals surface area contributed by atoms with Crippen molar-refractivity contribution in [3.63, 3.8) is 0 Å². The Morgan fingerprint density at radius 1 is 1.17 bits per heavy atom. The molecule has 0 aromatic heterocycles. The molecule has 0 aromatic carbocycles. The van der Waals surface area contributed by atoms with Crippen LogP contribution < -0.4 is 0 Å². The van der Waals surface area contributed by atoms with Gasteiger partial charge < -0.3 is 5.11 Å². The standard InChI is InChI=1S/C21H28O2/c1-19(2)12-16-13(11-18(19)22)5-6-15-14(16)7-9-20(3)17(15)8-10-21(20,4)23/h7,9,11,15,17,23H,5-6,8,10,12H2,1-4H3/t15?,17?,20?,21-/m0/s1. The molecule has 0 heterocycles. The normalized spacial score (nSPS) is 44.6. The summed E-state index contributed by atoms with van der Waals surface area (Å²) in [7, 11) is 0. The number of allylic oxidation sites excluding steroid dienone is 5. The fourth-order valence-corrected chi connectivity index (χ4v) is 5.52. The van der Waals surface area contributed by atoms with Crippen LogP contribution >= 0.6 is 0 Å². The highest BCUT2D eigenvalue weighted by Gasteiger charge is 2.57. The molecule has 1 fully saturated rings. The summed E-state index contributed by atoms with van der Waals surface area (Å²) >= 11 is 0. The zero-order chi connectivity index (χ0) is 16.6. The lowest BCUT2D eigenvalue weighted by Gasteiger charge is -2.48. The zero-order valence-corrected chi connectivity index (χ0v) is 14.8. The summed E-state index contributed by atoms with van der Waals surface area (Å²) in [6, 6.07) is 0. The van der Waals surface area contributed by atoms with Gasteiger partial charge >= 0.3 is 0 Å². The smallest absolute Gasteiger partial charge is 0.161 e. The van der Waals surface area contributed by atoms with E-state index in [-0.39, 0.29) is 16.6 Å². The van der Waals surface area contributed by atoms with Crippen LogP contribution in [0.2, 0.25) is 0 Å². The number of rotatable bonds is 0. The Bertz CT molecular complexity index is 674. The molecule has 4 atom stereocenters. The summed E-state index contributed by atoms with van der Waals surface area (Å²) in [4.78, 5) is 12.3. The van der Waals surface area contributed by atoms with Gasteiger partial charge in [0.05, 0.1) is 5.60 Å². The van der Waals surface area contributed by atoms with E-state index < -0.39 is 5.60 Å². The maximum Gasteiger partial charge on any atom is 0.161 e. The first-order chi connectivity index (χ1) is 10.7. The van der Waals surface area contributed by atoms with Gasteiger partial charge in [-0.05, 0) is 73.7 Å². The fourth-order valence-electron chi connectivity index (χ4n) is 5.52. The molecule has 23 heavy (non-hydrogen) atoms. The summed E-state index contributed by atoms with van der Waals surface area (Å²) < 4.78 is 0. The summed E-state index contributed by atoms with van der Waals surface area (Å²) in [6.07, 6.45) is 11.5. The van der Waals surface area contributed by atoms with E-state index >= 15 is 0 Å². The van der Waals surface area contributed by atoms with Gasteiger partial charge in [0, 0.05) is 10.8 Å². The van der Waals surface area contributed by atoms with E-state index in [1.54, 1.807) is 0 Å². The number of fused-ring (bicyclic) bond motifs is 4. The molecule has 0 saturated heterocycles. The monoisotopic (exact) mass is 312 g/mol. The minimum Gasteiger partial charge on any atom is -0.389 e. The average molecular weight is 312 g/mol. The molecule has 4 aliphatic carbocycles. The minimum atomic E-state index is -0.595. The lowest BCUT2D eigenvalue weighted by atomic mass is 9.57. The van der Waals surface area contributed by atoms with Gasteiger partial charge in [-0.1, -0.05) is 32.9 Å². The Morgan fingerprint density at radius 2 is 1.91 bits per heavy atom. The fraction of sp³-hybridized carbons (Fsp3) is 0.667. The van der Waals surface area contributed by atoms with Crippen molar-refractivity contribution in [2.45, 2.75) is 65.4 Å². The molecule has 4 rings (SSSR count). The van der Waals surface area contributed by atoms with Crippen LogP contribution in [0.4, 0.5) is 0 Å². The van der Waals surface area contributed by atoms with E-state index in [4.69, 9.17) is 0 Å². The predicted molar refractivity (Wildman–Crippen MR) is 91.8 cm³/mol. The Balaban J connectivity index is 1.84. The van der Waals surface area contributed by atoms with Gasteiger partial charge in [0.15, 0.2) is 5.78 Å². The highest BCUT2D eigenvalue weighted by molar-refractivity contribution is 5.97. The molecule has 0 aromatic rings. The second kappa shape index (κ2) is 4.47. The van der Waals surface area contributed by atoms with Crippen molar-refractivity contribution in [3.8, 4) is 0 Å². The summed E-state index contributed by atoms with van der Waals surface area (Å²) in [5.74, 6) is 1.37. The molecular formula is C21H28O2. The Hall–Kier alpha value is -1.15. The van der Waals surface area contributed by atoms with Crippen molar-refractivity contribution < 1.29 is 9.90 Å². The lowest BCUT2D eigenvalue weighted by molar-refractivity contribution is -0.122. The van der Waals surface area contributed by atoms with Gasteiger partial charge in [0.1, 0.15) is 0 Å². The van der Waals surface area contributed by atoms with E-state index in [0.717, 1.165) is 32.1 Å². The Kier molecular flexibility index (Phi) is 2.99. The van der Waals surface area contributed by atoms with Crippen LogP contribution in [-0.4, -0.2) is 16.5 Å². The van der Waals surface area contributed by atoms with Crippen LogP contribution in [-0.2, 0) is 4.79 Å². The number of ketones is 1. The van der Waals surface area contributed by atoms with Crippen molar-refractivity contribution >= 4 is 5.78 Å². The Morgan fingerprint density at radius 3 is 2.65 bits per heavy atom. The minimum absolute atomic E-state index is 0.108. The molecule has 124 valence electrons. The van der Waals surface area contributed by atoms with Crippen LogP contribution in [0.1, 0.15) is 59.8 Å². The van der Waals surface area contributed by atoms with Crippen LogP contribution in [0.15, 0.2) is 34.9 Å². The second-order valence-corrected chi connectivity index (χ2v) is 9.21. The van der Waals surface area contributed by atoms with Gasteiger partial charge in [-0.2, -0.15) is 0 Å². The topological polar surface area (TPSA) is 37.3 Å². The summed E-state index contributed by atoms with van der Waals surface area (Å²) in [5, 5.41) is 10.9. The van der Waals surface area contributed by atoms with E-state index in [9.17, 15) is 9.90 Å². The van der Waals surface area contributed by atoms with Gasteiger partial charge in [-0.3, -0.25) is 4.79 Å². The van der Waals surface area contributed by atoms with Gasteiger partial charge in [0.2, 0.25) is 0 Å².